The zero-order valence-electron chi connectivity index (χ0n) is 17.7. The van der Waals surface area contributed by atoms with Gasteiger partial charge in [0.1, 0.15) is 5.75 Å². The first-order valence-electron chi connectivity index (χ1n) is 10.6. The molecule has 0 saturated carbocycles. The Hall–Kier alpha value is -3.78. The van der Waals surface area contributed by atoms with Gasteiger partial charge in [0, 0.05) is 16.6 Å². The zero-order valence-corrected chi connectivity index (χ0v) is 17.7. The molecule has 4 aromatic rings. The molecule has 1 atom stereocenters. The second-order valence-corrected chi connectivity index (χ2v) is 8.13. The van der Waals surface area contributed by atoms with Crippen LogP contribution in [-0.2, 0) is 6.42 Å². The van der Waals surface area contributed by atoms with Crippen molar-refractivity contribution in [1.29, 1.82) is 5.26 Å². The highest BCUT2D eigenvalue weighted by atomic mass is 16.5. The van der Waals surface area contributed by atoms with Crippen LogP contribution in [0.2, 0.25) is 0 Å². The van der Waals surface area contributed by atoms with Crippen LogP contribution in [0.5, 0.6) is 5.75 Å². The summed E-state index contributed by atoms with van der Waals surface area (Å²) >= 11 is 0. The Morgan fingerprint density at radius 1 is 1.13 bits per heavy atom. The Bertz CT molecular complexity index is 1310. The molecule has 0 bridgehead atoms. The molecule has 0 spiro atoms. The molecule has 2 N–H and O–H groups in total. The molecular formula is C26H24N4O. The second-order valence-electron chi connectivity index (χ2n) is 8.13. The van der Waals surface area contributed by atoms with Crippen LogP contribution in [0.15, 0.2) is 54.6 Å². The summed E-state index contributed by atoms with van der Waals surface area (Å²) in [5.41, 5.74) is 8.48. The van der Waals surface area contributed by atoms with Gasteiger partial charge in [0.05, 0.1) is 36.0 Å². The molecule has 1 aliphatic carbocycles. The number of anilines is 1. The van der Waals surface area contributed by atoms with Gasteiger partial charge in [0.15, 0.2) is 0 Å². The smallest absolute Gasteiger partial charge is 0.121 e. The number of nitrogens with one attached hydrogen (secondary N) is 2. The number of benzene rings is 3. The van der Waals surface area contributed by atoms with Gasteiger partial charge in [-0.05, 0) is 91.4 Å². The fourth-order valence-electron chi connectivity index (χ4n) is 4.58. The minimum absolute atomic E-state index is 0.243. The van der Waals surface area contributed by atoms with Gasteiger partial charge in [-0.25, -0.2) is 0 Å². The van der Waals surface area contributed by atoms with E-state index in [4.69, 9.17) is 4.74 Å². The van der Waals surface area contributed by atoms with E-state index in [9.17, 15) is 5.26 Å². The predicted molar refractivity (Wildman–Crippen MR) is 123 cm³/mol. The molecule has 0 amide bonds. The molecular weight excluding hydrogens is 384 g/mol. The highest BCUT2D eigenvalue weighted by Gasteiger charge is 2.21. The van der Waals surface area contributed by atoms with Crippen molar-refractivity contribution in [2.45, 2.75) is 32.2 Å². The Balaban J connectivity index is 1.48. The maximum Gasteiger partial charge on any atom is 0.121 e. The summed E-state index contributed by atoms with van der Waals surface area (Å²) in [6, 6.07) is 21.0. The number of fused-ring (bicyclic) bond motifs is 2. The number of nitriles is 1. The first-order chi connectivity index (χ1) is 15.2. The standard InChI is InChI=1S/C26H24N4O/c1-16-12-19(7-11-25(16)31-2)26-22-14-20(8-10-24(22)29-30-26)28-23-5-3-4-18-13-17(15-27)6-9-21(18)23/h6-14,23,28H,3-5H2,1-2H3,(H,29,30)/t23-/m0/s1. The molecule has 3 aromatic carbocycles. The highest BCUT2D eigenvalue weighted by molar-refractivity contribution is 5.95. The quantitative estimate of drug-likeness (QED) is 0.440. The second kappa shape index (κ2) is 7.81. The number of hydrogen-bond donors (Lipinski definition) is 2. The van der Waals surface area contributed by atoms with Crippen LogP contribution in [0.4, 0.5) is 5.69 Å². The minimum atomic E-state index is 0.243. The highest BCUT2D eigenvalue weighted by Crippen LogP contribution is 2.35. The van der Waals surface area contributed by atoms with Crippen molar-refractivity contribution < 1.29 is 4.74 Å². The third-order valence-electron chi connectivity index (χ3n) is 6.16. The van der Waals surface area contributed by atoms with Gasteiger partial charge >= 0.3 is 0 Å². The zero-order chi connectivity index (χ0) is 21.4. The van der Waals surface area contributed by atoms with Gasteiger partial charge in [0.25, 0.3) is 0 Å². The minimum Gasteiger partial charge on any atom is -0.496 e. The number of aromatic amines is 1. The SMILES string of the molecule is COc1ccc(-c2n[nH]c3ccc(N[C@H]4CCCc5cc(C#N)ccc54)cc23)cc1C. The lowest BCUT2D eigenvalue weighted by Crippen LogP contribution is -2.17. The van der Waals surface area contributed by atoms with Crippen LogP contribution in [-0.4, -0.2) is 17.3 Å². The van der Waals surface area contributed by atoms with Crippen LogP contribution >= 0.6 is 0 Å². The number of hydrogen-bond acceptors (Lipinski definition) is 4. The fourth-order valence-corrected chi connectivity index (χ4v) is 4.58. The van der Waals surface area contributed by atoms with Crippen molar-refractivity contribution in [2.75, 3.05) is 12.4 Å². The summed E-state index contributed by atoms with van der Waals surface area (Å²) in [6.45, 7) is 2.04. The molecule has 154 valence electrons. The van der Waals surface area contributed by atoms with E-state index in [2.05, 4.69) is 51.9 Å². The van der Waals surface area contributed by atoms with E-state index in [-0.39, 0.29) is 6.04 Å². The maximum atomic E-state index is 9.21. The van der Waals surface area contributed by atoms with Crippen molar-refractivity contribution in [1.82, 2.24) is 10.2 Å². The normalized spacial score (nSPS) is 15.3. The van der Waals surface area contributed by atoms with E-state index in [0.29, 0.717) is 0 Å². The monoisotopic (exact) mass is 408 g/mol. The third kappa shape index (κ3) is 3.51. The van der Waals surface area contributed by atoms with Crippen molar-refractivity contribution in [2.24, 2.45) is 0 Å². The molecule has 0 fully saturated rings. The Kier molecular flexibility index (Phi) is 4.83. The van der Waals surface area contributed by atoms with E-state index in [0.717, 1.165) is 64.0 Å². The molecule has 0 aliphatic heterocycles. The van der Waals surface area contributed by atoms with E-state index < -0.39 is 0 Å². The summed E-state index contributed by atoms with van der Waals surface area (Å²) < 4.78 is 5.40. The van der Waals surface area contributed by atoms with Gasteiger partial charge in [-0.15, -0.1) is 0 Å². The lowest BCUT2D eigenvalue weighted by Gasteiger charge is -2.27. The Morgan fingerprint density at radius 3 is 2.84 bits per heavy atom. The van der Waals surface area contributed by atoms with Crippen LogP contribution in [0, 0.1) is 18.3 Å². The average molecular weight is 409 g/mol. The number of rotatable bonds is 4. The number of aromatic nitrogens is 2. The molecule has 0 radical (unpaired) electrons. The molecule has 0 unspecified atom stereocenters. The number of aryl methyl sites for hydroxylation is 2. The van der Waals surface area contributed by atoms with Gasteiger partial charge in [-0.1, -0.05) is 6.07 Å². The number of ether oxygens (including phenoxy) is 1. The summed E-state index contributed by atoms with van der Waals surface area (Å²) in [5.74, 6) is 0.876. The molecule has 1 aliphatic rings. The van der Waals surface area contributed by atoms with Crippen LogP contribution in [0.1, 0.15) is 41.1 Å². The topological polar surface area (TPSA) is 73.7 Å². The third-order valence-corrected chi connectivity index (χ3v) is 6.16. The average Bonchev–Trinajstić information content (AvgIpc) is 3.22. The lowest BCUT2D eigenvalue weighted by atomic mass is 9.86. The molecule has 0 saturated heterocycles. The van der Waals surface area contributed by atoms with Crippen LogP contribution < -0.4 is 10.1 Å². The van der Waals surface area contributed by atoms with Gasteiger partial charge in [-0.2, -0.15) is 10.4 Å². The number of methoxy groups -OCH3 is 1. The first-order valence-corrected chi connectivity index (χ1v) is 10.6. The Labute approximate surface area is 181 Å². The Morgan fingerprint density at radius 2 is 2.03 bits per heavy atom. The molecule has 31 heavy (non-hydrogen) atoms. The largest absolute Gasteiger partial charge is 0.496 e. The predicted octanol–water partition coefficient (Wildman–Crippen LogP) is 5.91. The summed E-state index contributed by atoms with van der Waals surface area (Å²) in [5, 5.41) is 21.7. The molecule has 5 heteroatoms. The van der Waals surface area contributed by atoms with Crippen molar-refractivity contribution in [3.05, 3.63) is 76.9 Å². The van der Waals surface area contributed by atoms with E-state index in [1.807, 2.05) is 31.2 Å². The van der Waals surface area contributed by atoms with Gasteiger partial charge < -0.3 is 10.1 Å². The van der Waals surface area contributed by atoms with Gasteiger partial charge in [-0.3, -0.25) is 5.10 Å². The summed E-state index contributed by atoms with van der Waals surface area (Å²) in [7, 11) is 1.69. The molecule has 1 aromatic heterocycles. The molecule has 1 heterocycles. The van der Waals surface area contributed by atoms with Crippen LogP contribution in [0.25, 0.3) is 22.2 Å². The summed E-state index contributed by atoms with van der Waals surface area (Å²) in [6.07, 6.45) is 3.22. The van der Waals surface area contributed by atoms with Crippen LogP contribution in [0.3, 0.4) is 0 Å². The molecule has 5 nitrogen and oxygen atoms in total. The maximum absolute atomic E-state index is 9.21. The fraction of sp³-hybridized carbons (Fsp3) is 0.231. The van der Waals surface area contributed by atoms with E-state index in [1.165, 1.54) is 11.1 Å². The van der Waals surface area contributed by atoms with E-state index in [1.54, 1.807) is 7.11 Å². The first kappa shape index (κ1) is 19.2. The number of nitrogens with zero attached hydrogens (tertiary/aromatic N) is 2. The summed E-state index contributed by atoms with van der Waals surface area (Å²) in [4.78, 5) is 0. The van der Waals surface area contributed by atoms with Crippen molar-refractivity contribution in [3.63, 3.8) is 0 Å². The van der Waals surface area contributed by atoms with Crippen molar-refractivity contribution >= 4 is 16.6 Å². The lowest BCUT2D eigenvalue weighted by molar-refractivity contribution is 0.412. The molecule has 5 rings (SSSR count). The van der Waals surface area contributed by atoms with Gasteiger partial charge in [0.2, 0.25) is 0 Å². The number of H-pyrrole nitrogens is 1. The van der Waals surface area contributed by atoms with Crippen molar-refractivity contribution in [3.8, 4) is 23.1 Å². The van der Waals surface area contributed by atoms with E-state index >= 15 is 0 Å².